The highest BCUT2D eigenvalue weighted by Crippen LogP contribution is 2.31. The van der Waals surface area contributed by atoms with Crippen molar-refractivity contribution in [2.24, 2.45) is 0 Å². The van der Waals surface area contributed by atoms with E-state index in [4.69, 9.17) is 0 Å². The minimum absolute atomic E-state index is 0.410. The molecule has 0 bridgehead atoms. The standard InChI is InChI=1S/C17H17FN2O2/c1-10-6-7-12(18)9-14(10)19-17(22)20-16-13-5-3-2-4-11(13)8-15(16)21/h2-7,9,15-16,21H,8H2,1H3,(H2,19,20,22)/t15-,16+/m0/s1. The van der Waals surface area contributed by atoms with Crippen LogP contribution in [-0.2, 0) is 6.42 Å². The molecule has 0 aliphatic heterocycles. The molecule has 2 aromatic carbocycles. The third-order valence-electron chi connectivity index (χ3n) is 3.94. The van der Waals surface area contributed by atoms with Gasteiger partial charge in [-0.05, 0) is 35.7 Å². The summed E-state index contributed by atoms with van der Waals surface area (Å²) in [4.78, 5) is 12.1. The van der Waals surface area contributed by atoms with Gasteiger partial charge < -0.3 is 15.7 Å². The Morgan fingerprint density at radius 3 is 2.86 bits per heavy atom. The van der Waals surface area contributed by atoms with Crippen LogP contribution in [0.25, 0.3) is 0 Å². The first-order chi connectivity index (χ1) is 10.5. The highest BCUT2D eigenvalue weighted by Gasteiger charge is 2.31. The Labute approximate surface area is 128 Å². The quantitative estimate of drug-likeness (QED) is 0.798. The van der Waals surface area contributed by atoms with Gasteiger partial charge in [0.2, 0.25) is 0 Å². The second kappa shape index (κ2) is 5.77. The van der Waals surface area contributed by atoms with Crippen molar-refractivity contribution in [2.45, 2.75) is 25.5 Å². The number of carbonyl (C=O) groups excluding carboxylic acids is 1. The summed E-state index contributed by atoms with van der Waals surface area (Å²) < 4.78 is 13.2. The topological polar surface area (TPSA) is 61.4 Å². The van der Waals surface area contributed by atoms with Gasteiger partial charge in [-0.15, -0.1) is 0 Å². The Morgan fingerprint density at radius 1 is 1.27 bits per heavy atom. The van der Waals surface area contributed by atoms with Gasteiger partial charge in [0.1, 0.15) is 5.82 Å². The Hall–Kier alpha value is -2.40. The number of aryl methyl sites for hydroxylation is 1. The molecule has 3 rings (SSSR count). The van der Waals surface area contributed by atoms with Crippen LogP contribution < -0.4 is 10.6 Å². The van der Waals surface area contributed by atoms with E-state index in [0.29, 0.717) is 12.1 Å². The number of nitrogens with one attached hydrogen (secondary N) is 2. The molecule has 5 heteroatoms. The number of anilines is 1. The van der Waals surface area contributed by atoms with Gasteiger partial charge in [0, 0.05) is 12.1 Å². The summed E-state index contributed by atoms with van der Waals surface area (Å²) in [7, 11) is 0. The van der Waals surface area contributed by atoms with E-state index in [1.54, 1.807) is 13.0 Å². The van der Waals surface area contributed by atoms with Gasteiger partial charge in [0.15, 0.2) is 0 Å². The number of aliphatic hydroxyl groups is 1. The predicted molar refractivity (Wildman–Crippen MR) is 82.2 cm³/mol. The molecule has 2 atom stereocenters. The van der Waals surface area contributed by atoms with Crippen molar-refractivity contribution >= 4 is 11.7 Å². The van der Waals surface area contributed by atoms with E-state index in [0.717, 1.165) is 16.7 Å². The fourth-order valence-corrected chi connectivity index (χ4v) is 2.78. The molecular formula is C17H17FN2O2. The number of carbonyl (C=O) groups is 1. The van der Waals surface area contributed by atoms with E-state index in [9.17, 15) is 14.3 Å². The minimum Gasteiger partial charge on any atom is -0.390 e. The van der Waals surface area contributed by atoms with Crippen LogP contribution in [0.1, 0.15) is 22.7 Å². The molecule has 0 spiro atoms. The molecule has 0 saturated heterocycles. The number of benzene rings is 2. The van der Waals surface area contributed by atoms with Gasteiger partial charge in [-0.25, -0.2) is 9.18 Å². The second-order valence-corrected chi connectivity index (χ2v) is 5.51. The minimum atomic E-state index is -0.656. The maximum Gasteiger partial charge on any atom is 0.319 e. The number of halogens is 1. The van der Waals surface area contributed by atoms with Crippen LogP contribution in [0.4, 0.5) is 14.9 Å². The van der Waals surface area contributed by atoms with Crippen molar-refractivity contribution in [1.82, 2.24) is 5.32 Å². The van der Waals surface area contributed by atoms with E-state index in [1.807, 2.05) is 24.3 Å². The fourth-order valence-electron chi connectivity index (χ4n) is 2.78. The average molecular weight is 300 g/mol. The number of aliphatic hydroxyl groups excluding tert-OH is 1. The molecule has 2 amide bonds. The highest BCUT2D eigenvalue weighted by atomic mass is 19.1. The van der Waals surface area contributed by atoms with Crippen LogP contribution in [0.5, 0.6) is 0 Å². The van der Waals surface area contributed by atoms with E-state index in [-0.39, 0.29) is 0 Å². The number of fused-ring (bicyclic) bond motifs is 1. The number of rotatable bonds is 2. The zero-order valence-electron chi connectivity index (χ0n) is 12.1. The molecule has 4 nitrogen and oxygen atoms in total. The van der Waals surface area contributed by atoms with Crippen LogP contribution in [0, 0.1) is 12.7 Å². The zero-order chi connectivity index (χ0) is 15.7. The maximum atomic E-state index is 13.2. The van der Waals surface area contributed by atoms with Gasteiger partial charge in [-0.2, -0.15) is 0 Å². The fraction of sp³-hybridized carbons (Fsp3) is 0.235. The van der Waals surface area contributed by atoms with E-state index < -0.39 is 24.0 Å². The molecule has 3 N–H and O–H groups in total. The van der Waals surface area contributed by atoms with Gasteiger partial charge in [0.25, 0.3) is 0 Å². The van der Waals surface area contributed by atoms with Gasteiger partial charge in [-0.3, -0.25) is 0 Å². The molecule has 0 fully saturated rings. The highest BCUT2D eigenvalue weighted by molar-refractivity contribution is 5.90. The van der Waals surface area contributed by atoms with Crippen molar-refractivity contribution in [3.05, 3.63) is 65.0 Å². The summed E-state index contributed by atoms with van der Waals surface area (Å²) in [5, 5.41) is 15.5. The third kappa shape index (κ3) is 2.80. The van der Waals surface area contributed by atoms with Crippen molar-refractivity contribution in [2.75, 3.05) is 5.32 Å². The van der Waals surface area contributed by atoms with Crippen LogP contribution in [0.15, 0.2) is 42.5 Å². The lowest BCUT2D eigenvalue weighted by atomic mass is 10.1. The molecule has 1 aliphatic rings. The van der Waals surface area contributed by atoms with Crippen LogP contribution in [0.3, 0.4) is 0 Å². The Morgan fingerprint density at radius 2 is 2.05 bits per heavy atom. The number of hydrogen-bond acceptors (Lipinski definition) is 2. The van der Waals surface area contributed by atoms with Crippen LogP contribution in [0.2, 0.25) is 0 Å². The molecule has 0 radical (unpaired) electrons. The first-order valence-electron chi connectivity index (χ1n) is 7.14. The molecule has 22 heavy (non-hydrogen) atoms. The summed E-state index contributed by atoms with van der Waals surface area (Å²) in [5.41, 5.74) is 3.13. The number of urea groups is 1. The smallest absolute Gasteiger partial charge is 0.319 e. The van der Waals surface area contributed by atoms with Gasteiger partial charge in [0.05, 0.1) is 12.1 Å². The zero-order valence-corrected chi connectivity index (χ0v) is 12.1. The average Bonchev–Trinajstić information content (AvgIpc) is 2.79. The Kier molecular flexibility index (Phi) is 3.81. The molecule has 0 aromatic heterocycles. The van der Waals surface area contributed by atoms with Crippen molar-refractivity contribution in [3.8, 4) is 0 Å². The van der Waals surface area contributed by atoms with Crippen molar-refractivity contribution in [1.29, 1.82) is 0 Å². The SMILES string of the molecule is Cc1ccc(F)cc1NC(=O)N[C@@H]1c2ccccc2C[C@@H]1O. The summed E-state index contributed by atoms with van der Waals surface area (Å²) in [5.74, 6) is -0.410. The van der Waals surface area contributed by atoms with Crippen LogP contribution >= 0.6 is 0 Å². The van der Waals surface area contributed by atoms with Gasteiger partial charge >= 0.3 is 6.03 Å². The third-order valence-corrected chi connectivity index (χ3v) is 3.94. The molecule has 114 valence electrons. The summed E-state index contributed by atoms with van der Waals surface area (Å²) in [6.45, 7) is 1.79. The molecule has 0 saturated carbocycles. The van der Waals surface area contributed by atoms with E-state index in [2.05, 4.69) is 10.6 Å². The van der Waals surface area contributed by atoms with Crippen molar-refractivity contribution in [3.63, 3.8) is 0 Å². The molecule has 1 aliphatic carbocycles. The molecule has 0 heterocycles. The maximum absolute atomic E-state index is 13.2. The second-order valence-electron chi connectivity index (χ2n) is 5.51. The predicted octanol–water partition coefficient (Wildman–Crippen LogP) is 2.91. The molecule has 2 aromatic rings. The molecule has 0 unspecified atom stereocenters. The number of amides is 2. The first-order valence-corrected chi connectivity index (χ1v) is 7.14. The summed E-state index contributed by atoms with van der Waals surface area (Å²) in [6, 6.07) is 10.9. The lowest BCUT2D eigenvalue weighted by Crippen LogP contribution is -2.36. The molecular weight excluding hydrogens is 283 g/mol. The van der Waals surface area contributed by atoms with Crippen LogP contribution in [-0.4, -0.2) is 17.2 Å². The van der Waals surface area contributed by atoms with Crippen molar-refractivity contribution < 1.29 is 14.3 Å². The lowest BCUT2D eigenvalue weighted by Gasteiger charge is -2.19. The lowest BCUT2D eigenvalue weighted by molar-refractivity contribution is 0.144. The van der Waals surface area contributed by atoms with E-state index in [1.165, 1.54) is 12.1 Å². The van der Waals surface area contributed by atoms with E-state index >= 15 is 0 Å². The number of hydrogen-bond donors (Lipinski definition) is 3. The Bertz CT molecular complexity index is 718. The first kappa shape index (κ1) is 14.5. The monoisotopic (exact) mass is 300 g/mol. The summed E-state index contributed by atoms with van der Waals surface area (Å²) in [6.07, 6.45) is -0.142. The largest absolute Gasteiger partial charge is 0.390 e. The Balaban J connectivity index is 1.73. The normalized spacial score (nSPS) is 19.6. The van der Waals surface area contributed by atoms with Gasteiger partial charge in [-0.1, -0.05) is 30.3 Å². The summed E-state index contributed by atoms with van der Waals surface area (Å²) >= 11 is 0.